The number of aliphatic hydroxyl groups excluding tert-OH is 1. The molecule has 0 radical (unpaired) electrons. The van der Waals surface area contributed by atoms with Gasteiger partial charge in [-0.25, -0.2) is 28.6 Å². The molecule has 31 heavy (non-hydrogen) atoms. The van der Waals surface area contributed by atoms with Crippen LogP contribution in [0.4, 0.5) is 5.82 Å². The molecule has 2 aromatic rings. The third kappa shape index (κ3) is 4.47. The van der Waals surface area contributed by atoms with Crippen LogP contribution in [0.25, 0.3) is 11.2 Å². The first kappa shape index (κ1) is 22.9. The molecule has 2 aliphatic carbocycles. The van der Waals surface area contributed by atoms with Gasteiger partial charge in [-0.1, -0.05) is 0 Å². The number of anilines is 1. The summed E-state index contributed by atoms with van der Waals surface area (Å²) in [7, 11) is -16.3. The quantitative estimate of drug-likeness (QED) is 0.257. The summed E-state index contributed by atoms with van der Waals surface area (Å²) in [5.74, 6) is -0.662. The van der Waals surface area contributed by atoms with Gasteiger partial charge in [0.05, 0.1) is 24.6 Å². The number of phosphoric ester groups is 1. The summed E-state index contributed by atoms with van der Waals surface area (Å²) < 4.78 is 47.8. The van der Waals surface area contributed by atoms with Crippen LogP contribution in [0, 0.1) is 11.8 Å². The molecule has 172 valence electrons. The van der Waals surface area contributed by atoms with Crippen molar-refractivity contribution in [3.05, 3.63) is 12.7 Å². The molecule has 0 aromatic carbocycles. The fourth-order valence-electron chi connectivity index (χ4n) is 4.15. The van der Waals surface area contributed by atoms with Crippen LogP contribution in [0.5, 0.6) is 0 Å². The number of fused-ring (bicyclic) bond motifs is 2. The van der Waals surface area contributed by atoms with Crippen molar-refractivity contribution in [3.8, 4) is 0 Å². The largest absolute Gasteiger partial charge is 0.490 e. The highest BCUT2D eigenvalue weighted by atomic mass is 31.3. The van der Waals surface area contributed by atoms with Crippen LogP contribution in [-0.4, -0.2) is 56.9 Å². The third-order valence-corrected chi connectivity index (χ3v) is 9.17. The summed E-state index contributed by atoms with van der Waals surface area (Å²) in [4.78, 5) is 48.2. The molecule has 4 rings (SSSR count). The zero-order valence-corrected chi connectivity index (χ0v) is 18.1. The molecule has 2 saturated carbocycles. The van der Waals surface area contributed by atoms with Crippen molar-refractivity contribution in [3.63, 3.8) is 0 Å². The average molecular weight is 501 g/mol. The van der Waals surface area contributed by atoms with Crippen LogP contribution in [0.15, 0.2) is 12.7 Å². The fraction of sp³-hybridized carbons (Fsp3) is 0.583. The Morgan fingerprint density at radius 2 is 1.81 bits per heavy atom. The van der Waals surface area contributed by atoms with Crippen molar-refractivity contribution in [2.24, 2.45) is 11.8 Å². The van der Waals surface area contributed by atoms with Gasteiger partial charge in [0.15, 0.2) is 11.5 Å². The Bertz CT molecular complexity index is 1170. The molecule has 2 fully saturated rings. The summed E-state index contributed by atoms with van der Waals surface area (Å²) in [5.41, 5.74) is 6.09. The number of nitrogen functional groups attached to an aromatic ring is 1. The van der Waals surface area contributed by atoms with Gasteiger partial charge in [0.1, 0.15) is 11.8 Å². The van der Waals surface area contributed by atoms with E-state index >= 15 is 0 Å². The van der Waals surface area contributed by atoms with E-state index in [1.54, 1.807) is 4.57 Å². The van der Waals surface area contributed by atoms with Gasteiger partial charge in [-0.3, -0.25) is 4.52 Å². The standard InChI is InChI=1S/C12H18N5O11P3/c13-10-9-11(15-4-14-10)17(5-16-9)12-1-7(12)6(8(18)2-12)3-26-30(22,23)28-31(24,25)27-29(19,20)21/h4-8,18H,1-3H2,(H,22,23)(H,24,25)(H2,13,14,15)(H2,19,20,21)/t6-,7-,8-,12-/m0/s1. The SMILES string of the molecule is Nc1ncnc2c1ncn2[C@@]12C[C@H](O)[C@@H](COP(=O)(O)OP(=O)(O)OP(=O)(O)O)[C@@H]1C2. The van der Waals surface area contributed by atoms with E-state index in [1.807, 2.05) is 0 Å². The van der Waals surface area contributed by atoms with Crippen LogP contribution in [0.3, 0.4) is 0 Å². The molecule has 0 saturated heterocycles. The van der Waals surface area contributed by atoms with Crippen molar-refractivity contribution in [1.29, 1.82) is 0 Å². The molecule has 0 bridgehead atoms. The van der Waals surface area contributed by atoms with E-state index in [4.69, 9.17) is 20.0 Å². The first-order chi connectivity index (χ1) is 14.2. The van der Waals surface area contributed by atoms with E-state index in [0.29, 0.717) is 17.6 Å². The monoisotopic (exact) mass is 501 g/mol. The van der Waals surface area contributed by atoms with E-state index in [1.165, 1.54) is 12.7 Å². The summed E-state index contributed by atoms with van der Waals surface area (Å²) in [6.07, 6.45) is 2.68. The minimum atomic E-state index is -5.60. The molecule has 0 aliphatic heterocycles. The molecule has 0 spiro atoms. The molecule has 2 heterocycles. The Morgan fingerprint density at radius 1 is 1.10 bits per heavy atom. The summed E-state index contributed by atoms with van der Waals surface area (Å²) in [6.45, 7) is -0.541. The van der Waals surface area contributed by atoms with Crippen LogP contribution in [0.1, 0.15) is 12.8 Å². The lowest BCUT2D eigenvalue weighted by Gasteiger charge is -2.20. The van der Waals surface area contributed by atoms with Crippen LogP contribution in [-0.2, 0) is 32.4 Å². The minimum absolute atomic E-state index is 0.195. The molecule has 16 nitrogen and oxygen atoms in total. The number of hydrogen-bond acceptors (Lipinski definition) is 11. The number of phosphoric acid groups is 3. The van der Waals surface area contributed by atoms with Gasteiger partial charge in [-0.2, -0.15) is 8.62 Å². The zero-order chi connectivity index (χ0) is 22.8. The number of aliphatic hydroxyl groups is 1. The Balaban J connectivity index is 1.45. The molecule has 2 aromatic heterocycles. The summed E-state index contributed by atoms with van der Waals surface area (Å²) in [5, 5.41) is 10.4. The maximum Gasteiger partial charge on any atom is 0.490 e. The Morgan fingerprint density at radius 3 is 2.48 bits per heavy atom. The van der Waals surface area contributed by atoms with Gasteiger partial charge in [-0.15, -0.1) is 0 Å². The smallest absolute Gasteiger partial charge is 0.393 e. The highest BCUT2D eigenvalue weighted by Gasteiger charge is 2.67. The molecule has 7 N–H and O–H groups in total. The highest BCUT2D eigenvalue weighted by molar-refractivity contribution is 7.66. The predicted molar refractivity (Wildman–Crippen MR) is 99.7 cm³/mol. The molecule has 0 amide bonds. The fourth-order valence-corrected chi connectivity index (χ4v) is 7.21. The van der Waals surface area contributed by atoms with E-state index < -0.39 is 47.6 Å². The number of nitrogens with two attached hydrogens (primary N) is 1. The van der Waals surface area contributed by atoms with Crippen LogP contribution in [0.2, 0.25) is 0 Å². The lowest BCUT2D eigenvalue weighted by atomic mass is 10.0. The normalized spacial score (nSPS) is 31.8. The molecule has 19 heteroatoms. The maximum absolute atomic E-state index is 11.9. The number of hydrogen-bond donors (Lipinski definition) is 6. The van der Waals surface area contributed by atoms with Crippen molar-refractivity contribution in [2.45, 2.75) is 24.5 Å². The maximum atomic E-state index is 11.9. The number of nitrogens with zero attached hydrogens (tertiary/aromatic N) is 4. The van der Waals surface area contributed by atoms with Gasteiger partial charge in [-0.05, 0) is 18.8 Å². The zero-order valence-electron chi connectivity index (χ0n) is 15.4. The molecule has 2 unspecified atom stereocenters. The topological polar surface area (TPSA) is 250 Å². The van der Waals surface area contributed by atoms with Crippen LogP contribution >= 0.6 is 23.5 Å². The summed E-state index contributed by atoms with van der Waals surface area (Å²) in [6, 6.07) is 0. The average Bonchev–Trinajstić information content (AvgIpc) is 2.99. The van der Waals surface area contributed by atoms with Crippen molar-refractivity contribution < 1.29 is 51.5 Å². The first-order valence-electron chi connectivity index (χ1n) is 8.63. The second kappa shape index (κ2) is 7.37. The first-order valence-corrected chi connectivity index (χ1v) is 13.2. The van der Waals surface area contributed by atoms with E-state index in [9.17, 15) is 28.6 Å². The van der Waals surface area contributed by atoms with Crippen molar-refractivity contribution in [2.75, 3.05) is 12.3 Å². The second-order valence-corrected chi connectivity index (χ2v) is 11.7. The summed E-state index contributed by atoms with van der Waals surface area (Å²) >= 11 is 0. The van der Waals surface area contributed by atoms with Gasteiger partial charge in [0.2, 0.25) is 0 Å². The van der Waals surface area contributed by atoms with Gasteiger partial charge >= 0.3 is 23.5 Å². The number of rotatable bonds is 8. The Hall–Kier alpha value is -1.28. The molecule has 2 aliphatic rings. The van der Waals surface area contributed by atoms with Crippen LogP contribution < -0.4 is 5.73 Å². The molecule has 6 atom stereocenters. The second-order valence-electron chi connectivity index (χ2n) is 7.28. The minimum Gasteiger partial charge on any atom is -0.393 e. The van der Waals surface area contributed by atoms with E-state index in [2.05, 4.69) is 23.6 Å². The Labute approximate surface area is 173 Å². The van der Waals surface area contributed by atoms with Crippen molar-refractivity contribution >= 4 is 40.4 Å². The predicted octanol–water partition coefficient (Wildman–Crippen LogP) is -0.152. The van der Waals surface area contributed by atoms with Gasteiger partial charge in [0.25, 0.3) is 0 Å². The third-order valence-electron chi connectivity index (χ3n) is 5.36. The van der Waals surface area contributed by atoms with Crippen molar-refractivity contribution in [1.82, 2.24) is 19.5 Å². The van der Waals surface area contributed by atoms with E-state index in [0.717, 1.165) is 0 Å². The van der Waals surface area contributed by atoms with Gasteiger partial charge in [0, 0.05) is 5.92 Å². The number of imidazole rings is 1. The van der Waals surface area contributed by atoms with Gasteiger partial charge < -0.3 is 35.0 Å². The molecular weight excluding hydrogens is 483 g/mol. The molecular formula is C12H18N5O11P3. The Kier molecular flexibility index (Phi) is 5.44. The lowest BCUT2D eigenvalue weighted by Crippen LogP contribution is -2.23. The number of aromatic nitrogens is 4. The van der Waals surface area contributed by atoms with E-state index in [-0.39, 0.29) is 18.2 Å². The lowest BCUT2D eigenvalue weighted by molar-refractivity contribution is 0.0669. The highest BCUT2D eigenvalue weighted by Crippen LogP contribution is 2.68.